The third kappa shape index (κ3) is 3.82. The van der Waals surface area contributed by atoms with Gasteiger partial charge in [0.2, 0.25) is 0 Å². The zero-order valence-electron chi connectivity index (χ0n) is 13.7. The quantitative estimate of drug-likeness (QED) is 0.265. The highest BCUT2D eigenvalue weighted by atomic mass is 32.2. The number of aryl methyl sites for hydroxylation is 1. The second kappa shape index (κ2) is 7.01. The van der Waals surface area contributed by atoms with Gasteiger partial charge in [-0.1, -0.05) is 55.0 Å². The average Bonchev–Trinajstić information content (AvgIpc) is 2.67. The largest absolute Gasteiger partial charge is 0.622 e. The molecule has 1 aliphatic rings. The second-order valence-corrected chi connectivity index (χ2v) is 8.58. The van der Waals surface area contributed by atoms with E-state index >= 15 is 0 Å². The Morgan fingerprint density at radius 1 is 1.36 bits per heavy atom. The summed E-state index contributed by atoms with van der Waals surface area (Å²) in [6.45, 7) is 9.22. The first-order valence-electron chi connectivity index (χ1n) is 7.72. The fourth-order valence-corrected chi connectivity index (χ4v) is 4.60. The van der Waals surface area contributed by atoms with Gasteiger partial charge in [0.1, 0.15) is 9.07 Å². The summed E-state index contributed by atoms with van der Waals surface area (Å²) in [5, 5.41) is 12.8. The van der Waals surface area contributed by atoms with E-state index in [9.17, 15) is 5.21 Å². The van der Waals surface area contributed by atoms with Crippen LogP contribution in [0.1, 0.15) is 44.7 Å². The minimum Gasteiger partial charge on any atom is -0.622 e. The van der Waals surface area contributed by atoms with Gasteiger partial charge in [0.05, 0.1) is 0 Å². The summed E-state index contributed by atoms with van der Waals surface area (Å²) >= 11 is 7.12. The molecule has 0 spiro atoms. The Kier molecular flexibility index (Phi) is 5.50. The van der Waals surface area contributed by atoms with E-state index in [0.29, 0.717) is 0 Å². The maximum atomic E-state index is 12.8. The predicted molar refractivity (Wildman–Crippen MR) is 99.6 cm³/mol. The smallest absolute Gasteiger partial charge is 0.254 e. The lowest BCUT2D eigenvalue weighted by Crippen LogP contribution is -2.48. The lowest BCUT2D eigenvalue weighted by atomic mass is 10.1. The molecule has 1 aliphatic heterocycles. The standard InChI is InChI=1S/C17H24N2OS2/c1-5-6-11-18-15(17(3,4)22-16(18)21)19(20)12-14-9-7-13(2)8-10-14/h7-10,12,15H,5-6,11H2,1-4H3/b19-12-/t15-/m1/s1. The van der Waals surface area contributed by atoms with Crippen molar-refractivity contribution in [3.8, 4) is 0 Å². The van der Waals surface area contributed by atoms with Gasteiger partial charge in [-0.05, 0) is 39.3 Å². The molecule has 0 aromatic heterocycles. The minimum atomic E-state index is -0.252. The zero-order valence-corrected chi connectivity index (χ0v) is 15.3. The van der Waals surface area contributed by atoms with Gasteiger partial charge in [0, 0.05) is 12.1 Å². The molecule has 5 heteroatoms. The van der Waals surface area contributed by atoms with Crippen molar-refractivity contribution in [2.75, 3.05) is 6.54 Å². The van der Waals surface area contributed by atoms with Gasteiger partial charge in [0.15, 0.2) is 6.21 Å². The summed E-state index contributed by atoms with van der Waals surface area (Å²) in [5.74, 6) is 0. The molecule has 0 bridgehead atoms. The number of nitrogens with zero attached hydrogens (tertiary/aromatic N) is 2. The van der Waals surface area contributed by atoms with Gasteiger partial charge < -0.3 is 5.21 Å². The van der Waals surface area contributed by atoms with Crippen molar-refractivity contribution in [1.29, 1.82) is 0 Å². The molecule has 2 rings (SSSR count). The van der Waals surface area contributed by atoms with Gasteiger partial charge in [-0.2, -0.15) is 4.74 Å². The number of benzene rings is 1. The zero-order chi connectivity index (χ0) is 16.3. The van der Waals surface area contributed by atoms with Crippen LogP contribution in [0, 0.1) is 12.1 Å². The Labute approximate surface area is 143 Å². The molecule has 0 radical (unpaired) electrons. The van der Waals surface area contributed by atoms with Crippen LogP contribution in [0.3, 0.4) is 0 Å². The highest BCUT2D eigenvalue weighted by Crippen LogP contribution is 2.41. The maximum Gasteiger partial charge on any atom is 0.254 e. The minimum absolute atomic E-state index is 0.215. The first-order valence-corrected chi connectivity index (χ1v) is 8.94. The van der Waals surface area contributed by atoms with Crippen molar-refractivity contribution in [1.82, 2.24) is 4.90 Å². The number of hydrogen-bond acceptors (Lipinski definition) is 3. The Hall–Kier alpha value is -1.07. The van der Waals surface area contributed by atoms with Gasteiger partial charge in [0.25, 0.3) is 6.17 Å². The monoisotopic (exact) mass is 336 g/mol. The van der Waals surface area contributed by atoms with Crippen LogP contribution < -0.4 is 0 Å². The summed E-state index contributed by atoms with van der Waals surface area (Å²) in [5.41, 5.74) is 2.12. The summed E-state index contributed by atoms with van der Waals surface area (Å²) in [6, 6.07) is 8.00. The van der Waals surface area contributed by atoms with Crippen molar-refractivity contribution in [3.05, 3.63) is 40.6 Å². The highest BCUT2D eigenvalue weighted by Gasteiger charge is 2.50. The van der Waals surface area contributed by atoms with Crippen LogP contribution in [0.25, 0.3) is 0 Å². The summed E-state index contributed by atoms with van der Waals surface area (Å²) in [6.07, 6.45) is 3.57. The van der Waals surface area contributed by atoms with Crippen LogP contribution in [0.15, 0.2) is 24.3 Å². The van der Waals surface area contributed by atoms with E-state index in [0.717, 1.165) is 34.0 Å². The van der Waals surface area contributed by atoms with Crippen LogP contribution in [0.4, 0.5) is 0 Å². The molecule has 22 heavy (non-hydrogen) atoms. The van der Waals surface area contributed by atoms with Crippen molar-refractivity contribution in [2.45, 2.75) is 51.4 Å². The van der Waals surface area contributed by atoms with Gasteiger partial charge in [-0.25, -0.2) is 0 Å². The Balaban J connectivity index is 2.28. The van der Waals surface area contributed by atoms with Crippen molar-refractivity contribution in [3.63, 3.8) is 0 Å². The normalized spacial score (nSPS) is 21.5. The second-order valence-electron chi connectivity index (χ2n) is 6.29. The van der Waals surface area contributed by atoms with E-state index in [1.165, 1.54) is 5.56 Å². The van der Waals surface area contributed by atoms with E-state index in [1.807, 2.05) is 31.2 Å². The number of hydroxylamine groups is 1. The summed E-state index contributed by atoms with van der Waals surface area (Å²) < 4.78 is 1.70. The van der Waals surface area contributed by atoms with Crippen molar-refractivity contribution < 1.29 is 4.74 Å². The molecule has 3 nitrogen and oxygen atoms in total. The van der Waals surface area contributed by atoms with Crippen LogP contribution in [0.5, 0.6) is 0 Å². The molecule has 0 unspecified atom stereocenters. The summed E-state index contributed by atoms with van der Waals surface area (Å²) in [7, 11) is 0. The van der Waals surface area contributed by atoms with E-state index in [4.69, 9.17) is 12.2 Å². The number of thioether (sulfide) groups is 1. The SMILES string of the molecule is CCCCN1C(=S)SC(C)(C)[C@H]1/[N+]([O-])=C/c1ccc(C)cc1. The molecule has 0 N–H and O–H groups in total. The molecule has 1 heterocycles. The topological polar surface area (TPSA) is 29.3 Å². The molecule has 1 saturated heterocycles. The molecule has 1 aromatic carbocycles. The predicted octanol–water partition coefficient (Wildman–Crippen LogP) is 4.16. The Morgan fingerprint density at radius 3 is 2.59 bits per heavy atom. The van der Waals surface area contributed by atoms with Gasteiger partial charge >= 0.3 is 0 Å². The van der Waals surface area contributed by atoms with Crippen LogP contribution in [0.2, 0.25) is 0 Å². The molecule has 120 valence electrons. The van der Waals surface area contributed by atoms with E-state index in [1.54, 1.807) is 18.0 Å². The van der Waals surface area contributed by atoms with Crippen molar-refractivity contribution >= 4 is 34.5 Å². The molecule has 1 atom stereocenters. The fourth-order valence-electron chi connectivity index (χ4n) is 2.67. The van der Waals surface area contributed by atoms with Gasteiger partial charge in [-0.15, -0.1) is 0 Å². The molecule has 1 fully saturated rings. The first kappa shape index (κ1) is 17.3. The number of thiocarbonyl (C=S) groups is 1. The first-order chi connectivity index (χ1) is 10.3. The third-order valence-electron chi connectivity index (χ3n) is 3.85. The van der Waals surface area contributed by atoms with Crippen molar-refractivity contribution in [2.24, 2.45) is 0 Å². The van der Waals surface area contributed by atoms with Crippen LogP contribution in [-0.4, -0.2) is 37.6 Å². The third-order valence-corrected chi connectivity index (χ3v) is 5.48. The molecular weight excluding hydrogens is 312 g/mol. The molecule has 0 aliphatic carbocycles. The van der Waals surface area contributed by atoms with Gasteiger partial charge in [-0.3, -0.25) is 4.90 Å². The van der Waals surface area contributed by atoms with E-state index in [-0.39, 0.29) is 10.9 Å². The highest BCUT2D eigenvalue weighted by molar-refractivity contribution is 8.24. The average molecular weight is 337 g/mol. The van der Waals surface area contributed by atoms with E-state index < -0.39 is 0 Å². The Morgan fingerprint density at radius 2 is 2.00 bits per heavy atom. The maximum absolute atomic E-state index is 12.8. The number of hydrogen-bond donors (Lipinski definition) is 0. The number of unbranched alkanes of at least 4 members (excludes halogenated alkanes) is 1. The van der Waals surface area contributed by atoms with E-state index in [2.05, 4.69) is 25.7 Å². The molecule has 0 amide bonds. The summed E-state index contributed by atoms with van der Waals surface area (Å²) in [4.78, 5) is 2.08. The Bertz CT molecular complexity index is 567. The lowest BCUT2D eigenvalue weighted by Gasteiger charge is -2.29. The molecule has 1 aromatic rings. The lowest BCUT2D eigenvalue weighted by molar-refractivity contribution is -0.523. The number of rotatable bonds is 5. The fraction of sp³-hybridized carbons (Fsp3) is 0.529. The molecular formula is C17H24N2OS2. The van der Waals surface area contributed by atoms with Crippen LogP contribution in [-0.2, 0) is 0 Å². The molecule has 0 saturated carbocycles. The van der Waals surface area contributed by atoms with Crippen LogP contribution >= 0.6 is 24.0 Å².